The third kappa shape index (κ3) is 4.42. The molecule has 1 aliphatic heterocycles. The minimum absolute atomic E-state index is 0.00921. The number of H-pyrrole nitrogens is 1. The first-order valence-electron chi connectivity index (χ1n) is 9.79. The number of nitrogens with zero attached hydrogens (tertiary/aromatic N) is 1. The van der Waals surface area contributed by atoms with Crippen molar-refractivity contribution in [2.45, 2.75) is 32.3 Å². The number of hydrogen-bond acceptors (Lipinski definition) is 4. The number of benzene rings is 2. The molecule has 0 aliphatic carbocycles. The molecule has 0 bridgehead atoms. The van der Waals surface area contributed by atoms with Crippen molar-refractivity contribution in [1.29, 1.82) is 0 Å². The number of rotatable bonds is 7. The van der Waals surface area contributed by atoms with Gasteiger partial charge in [-0.25, -0.2) is 0 Å². The number of oxime groups is 1. The third-order valence-electron chi connectivity index (χ3n) is 5.25. The van der Waals surface area contributed by atoms with Gasteiger partial charge in [0.1, 0.15) is 11.9 Å². The molecule has 4 rings (SSSR count). The van der Waals surface area contributed by atoms with Crippen molar-refractivity contribution in [3.63, 3.8) is 0 Å². The molecule has 6 nitrogen and oxygen atoms in total. The van der Waals surface area contributed by atoms with E-state index in [2.05, 4.69) is 15.5 Å². The van der Waals surface area contributed by atoms with Crippen LogP contribution >= 0.6 is 0 Å². The molecule has 3 aromatic rings. The number of hydrogen-bond donors (Lipinski definition) is 2. The first-order chi connectivity index (χ1) is 14.1. The average Bonchev–Trinajstić information content (AvgIpc) is 3.31. The SMILES string of the molecule is COc1ccc(CC2=NOC(CNC(=O)Cc3c(C)[nH]c4ccccc34)C2)cc1. The van der Waals surface area contributed by atoms with Crippen molar-refractivity contribution in [3.05, 3.63) is 65.4 Å². The van der Waals surface area contributed by atoms with Gasteiger partial charge in [-0.05, 0) is 36.2 Å². The highest BCUT2D eigenvalue weighted by Gasteiger charge is 2.22. The number of nitrogens with one attached hydrogen (secondary N) is 2. The molecule has 1 unspecified atom stereocenters. The van der Waals surface area contributed by atoms with Crippen molar-refractivity contribution in [1.82, 2.24) is 10.3 Å². The summed E-state index contributed by atoms with van der Waals surface area (Å²) in [5.41, 5.74) is 5.28. The van der Waals surface area contributed by atoms with Crippen LogP contribution in [-0.2, 0) is 22.5 Å². The summed E-state index contributed by atoms with van der Waals surface area (Å²) in [7, 11) is 1.66. The highest BCUT2D eigenvalue weighted by molar-refractivity contribution is 5.90. The van der Waals surface area contributed by atoms with Crippen molar-refractivity contribution < 1.29 is 14.4 Å². The Labute approximate surface area is 169 Å². The third-order valence-corrected chi connectivity index (χ3v) is 5.25. The van der Waals surface area contributed by atoms with Crippen molar-refractivity contribution in [2.24, 2.45) is 5.16 Å². The predicted molar refractivity (Wildman–Crippen MR) is 113 cm³/mol. The fourth-order valence-electron chi connectivity index (χ4n) is 3.69. The summed E-state index contributed by atoms with van der Waals surface area (Å²) in [6, 6.07) is 16.0. The van der Waals surface area contributed by atoms with Gasteiger partial charge < -0.3 is 19.9 Å². The van der Waals surface area contributed by atoms with Crippen LogP contribution in [0.15, 0.2) is 53.7 Å². The minimum Gasteiger partial charge on any atom is -0.497 e. The summed E-state index contributed by atoms with van der Waals surface area (Å²) in [4.78, 5) is 21.3. The quantitative estimate of drug-likeness (QED) is 0.647. The van der Waals surface area contributed by atoms with Crippen LogP contribution in [0.2, 0.25) is 0 Å². The number of fused-ring (bicyclic) bond motifs is 1. The topological polar surface area (TPSA) is 75.7 Å². The maximum Gasteiger partial charge on any atom is 0.224 e. The zero-order valence-electron chi connectivity index (χ0n) is 16.7. The molecule has 2 heterocycles. The van der Waals surface area contributed by atoms with Crippen LogP contribution in [0.1, 0.15) is 23.2 Å². The van der Waals surface area contributed by atoms with Gasteiger partial charge >= 0.3 is 0 Å². The zero-order valence-corrected chi connectivity index (χ0v) is 16.7. The van der Waals surface area contributed by atoms with Gasteiger partial charge in [-0.2, -0.15) is 0 Å². The summed E-state index contributed by atoms with van der Waals surface area (Å²) in [6.07, 6.45) is 1.69. The van der Waals surface area contributed by atoms with Crippen LogP contribution in [0, 0.1) is 6.92 Å². The summed E-state index contributed by atoms with van der Waals surface area (Å²) >= 11 is 0. The molecule has 0 saturated carbocycles. The molecule has 0 radical (unpaired) electrons. The Kier molecular flexibility index (Phi) is 5.51. The van der Waals surface area contributed by atoms with Crippen molar-refractivity contribution in [2.75, 3.05) is 13.7 Å². The van der Waals surface area contributed by atoms with Gasteiger partial charge in [-0.15, -0.1) is 0 Å². The maximum absolute atomic E-state index is 12.5. The Hall–Kier alpha value is -3.28. The number of aryl methyl sites for hydroxylation is 1. The van der Waals surface area contributed by atoms with E-state index in [1.54, 1.807) is 7.11 Å². The number of para-hydroxylation sites is 1. The van der Waals surface area contributed by atoms with E-state index in [-0.39, 0.29) is 12.0 Å². The minimum atomic E-state index is -0.115. The lowest BCUT2D eigenvalue weighted by Gasteiger charge is -2.10. The molecular formula is C23H25N3O3. The smallest absolute Gasteiger partial charge is 0.224 e. The highest BCUT2D eigenvalue weighted by Crippen LogP contribution is 2.22. The largest absolute Gasteiger partial charge is 0.497 e. The lowest BCUT2D eigenvalue weighted by Crippen LogP contribution is -2.33. The van der Waals surface area contributed by atoms with E-state index < -0.39 is 0 Å². The normalized spacial score (nSPS) is 15.8. The van der Waals surface area contributed by atoms with Gasteiger partial charge in [0.25, 0.3) is 0 Å². The second-order valence-corrected chi connectivity index (χ2v) is 7.37. The predicted octanol–water partition coefficient (Wildman–Crippen LogP) is 3.53. The standard InChI is InChI=1S/C23H25N3O3/c1-15-21(20-5-3-4-6-22(20)25-15)13-23(27)24-14-19-12-17(26-29-19)11-16-7-9-18(28-2)10-8-16/h3-10,19,25H,11-14H2,1-2H3,(H,24,27). The van der Waals surface area contributed by atoms with E-state index in [1.807, 2.05) is 55.5 Å². The number of carbonyl (C=O) groups excluding carboxylic acids is 1. The fraction of sp³-hybridized carbons (Fsp3) is 0.304. The second kappa shape index (κ2) is 8.39. The molecular weight excluding hydrogens is 366 g/mol. The number of carbonyl (C=O) groups is 1. The molecule has 1 amide bonds. The second-order valence-electron chi connectivity index (χ2n) is 7.37. The van der Waals surface area contributed by atoms with Gasteiger partial charge in [0.05, 0.1) is 25.8 Å². The van der Waals surface area contributed by atoms with Crippen LogP contribution in [0.25, 0.3) is 10.9 Å². The van der Waals surface area contributed by atoms with E-state index in [0.717, 1.165) is 52.0 Å². The Morgan fingerprint density at radius 1 is 1.24 bits per heavy atom. The zero-order chi connectivity index (χ0) is 20.2. The Morgan fingerprint density at radius 3 is 2.83 bits per heavy atom. The number of aromatic nitrogens is 1. The average molecular weight is 391 g/mol. The molecule has 1 aliphatic rings. The van der Waals surface area contributed by atoms with Crippen LogP contribution in [-0.4, -0.2) is 36.4 Å². The molecule has 6 heteroatoms. The van der Waals surface area contributed by atoms with E-state index >= 15 is 0 Å². The fourth-order valence-corrected chi connectivity index (χ4v) is 3.69. The van der Waals surface area contributed by atoms with Crippen LogP contribution in [0.5, 0.6) is 5.75 Å². The van der Waals surface area contributed by atoms with E-state index in [1.165, 1.54) is 0 Å². The molecule has 2 N–H and O–H groups in total. The Balaban J connectivity index is 1.26. The first kappa shape index (κ1) is 19.1. The number of methoxy groups -OCH3 is 1. The highest BCUT2D eigenvalue weighted by atomic mass is 16.6. The Morgan fingerprint density at radius 2 is 2.03 bits per heavy atom. The maximum atomic E-state index is 12.5. The lowest BCUT2D eigenvalue weighted by atomic mass is 10.0. The molecule has 1 aromatic heterocycles. The lowest BCUT2D eigenvalue weighted by molar-refractivity contribution is -0.121. The van der Waals surface area contributed by atoms with Crippen molar-refractivity contribution >= 4 is 22.5 Å². The molecule has 29 heavy (non-hydrogen) atoms. The molecule has 0 fully saturated rings. The number of amides is 1. The number of aromatic amines is 1. The monoisotopic (exact) mass is 391 g/mol. The van der Waals surface area contributed by atoms with Gasteiger partial charge in [0.2, 0.25) is 5.91 Å². The van der Waals surface area contributed by atoms with Crippen LogP contribution in [0.3, 0.4) is 0 Å². The first-order valence-corrected chi connectivity index (χ1v) is 9.79. The molecule has 1 atom stereocenters. The van der Waals surface area contributed by atoms with Gasteiger partial charge in [0, 0.05) is 29.4 Å². The summed E-state index contributed by atoms with van der Waals surface area (Å²) < 4.78 is 5.18. The molecule has 0 spiro atoms. The van der Waals surface area contributed by atoms with Gasteiger partial charge in [-0.1, -0.05) is 35.5 Å². The summed E-state index contributed by atoms with van der Waals surface area (Å²) in [5, 5.41) is 8.28. The Bertz CT molecular complexity index is 1040. The van der Waals surface area contributed by atoms with Crippen molar-refractivity contribution in [3.8, 4) is 5.75 Å². The van der Waals surface area contributed by atoms with Crippen LogP contribution < -0.4 is 10.1 Å². The van der Waals surface area contributed by atoms with Crippen LogP contribution in [0.4, 0.5) is 0 Å². The molecule has 150 valence electrons. The van der Waals surface area contributed by atoms with E-state index in [0.29, 0.717) is 13.0 Å². The summed E-state index contributed by atoms with van der Waals surface area (Å²) in [6.45, 7) is 2.46. The van der Waals surface area contributed by atoms with E-state index in [4.69, 9.17) is 9.57 Å². The van der Waals surface area contributed by atoms with E-state index in [9.17, 15) is 4.79 Å². The molecule has 2 aromatic carbocycles. The van der Waals surface area contributed by atoms with Gasteiger partial charge in [0.15, 0.2) is 0 Å². The number of ether oxygens (including phenoxy) is 1. The summed E-state index contributed by atoms with van der Waals surface area (Å²) in [5.74, 6) is 0.828. The molecule has 0 saturated heterocycles. The van der Waals surface area contributed by atoms with Gasteiger partial charge in [-0.3, -0.25) is 4.79 Å².